The van der Waals surface area contributed by atoms with E-state index in [2.05, 4.69) is 5.10 Å². The van der Waals surface area contributed by atoms with E-state index in [-0.39, 0.29) is 5.69 Å². The van der Waals surface area contributed by atoms with Crippen molar-refractivity contribution >= 4 is 10.9 Å². The SMILES string of the molecule is CCn1nc(C[C@@H](O)C(F)(F)F)c2ccccc21. The summed E-state index contributed by atoms with van der Waals surface area (Å²) >= 11 is 0. The van der Waals surface area contributed by atoms with Gasteiger partial charge in [0, 0.05) is 18.4 Å². The number of para-hydroxylation sites is 1. The lowest BCUT2D eigenvalue weighted by molar-refractivity contribution is -0.203. The number of aliphatic hydroxyl groups is 1. The second-order valence-corrected chi connectivity index (χ2v) is 4.04. The van der Waals surface area contributed by atoms with Gasteiger partial charge < -0.3 is 5.11 Å². The van der Waals surface area contributed by atoms with Crippen LogP contribution in [0, 0.1) is 0 Å². The smallest absolute Gasteiger partial charge is 0.383 e. The highest BCUT2D eigenvalue weighted by Gasteiger charge is 2.38. The highest BCUT2D eigenvalue weighted by atomic mass is 19.4. The van der Waals surface area contributed by atoms with E-state index in [1.54, 1.807) is 28.9 Å². The van der Waals surface area contributed by atoms with Crippen molar-refractivity contribution in [3.8, 4) is 0 Å². The van der Waals surface area contributed by atoms with Crippen LogP contribution in [0.2, 0.25) is 0 Å². The van der Waals surface area contributed by atoms with Gasteiger partial charge in [-0.05, 0) is 13.0 Å². The monoisotopic (exact) mass is 258 g/mol. The molecule has 0 aliphatic rings. The van der Waals surface area contributed by atoms with E-state index in [0.717, 1.165) is 5.52 Å². The average Bonchev–Trinajstić information content (AvgIpc) is 2.67. The van der Waals surface area contributed by atoms with Crippen molar-refractivity contribution in [1.29, 1.82) is 0 Å². The lowest BCUT2D eigenvalue weighted by Gasteiger charge is -2.12. The molecule has 2 rings (SSSR count). The van der Waals surface area contributed by atoms with E-state index in [1.165, 1.54) is 0 Å². The number of fused-ring (bicyclic) bond motifs is 1. The lowest BCUT2D eigenvalue weighted by atomic mass is 10.1. The first kappa shape index (κ1) is 12.9. The van der Waals surface area contributed by atoms with Gasteiger partial charge in [-0.15, -0.1) is 0 Å². The molecular formula is C12H13F3N2O. The Morgan fingerprint density at radius 2 is 2.00 bits per heavy atom. The van der Waals surface area contributed by atoms with Gasteiger partial charge in [0.05, 0.1) is 11.2 Å². The third kappa shape index (κ3) is 2.33. The number of aryl methyl sites for hydroxylation is 1. The van der Waals surface area contributed by atoms with Crippen molar-refractivity contribution in [2.75, 3.05) is 0 Å². The Morgan fingerprint density at radius 1 is 1.33 bits per heavy atom. The number of aliphatic hydroxyl groups excluding tert-OH is 1. The fraction of sp³-hybridized carbons (Fsp3) is 0.417. The van der Waals surface area contributed by atoms with Gasteiger partial charge in [-0.25, -0.2) is 0 Å². The molecule has 0 aliphatic carbocycles. The van der Waals surface area contributed by atoms with Gasteiger partial charge in [-0.3, -0.25) is 4.68 Å². The molecular weight excluding hydrogens is 245 g/mol. The number of benzene rings is 1. The summed E-state index contributed by atoms with van der Waals surface area (Å²) < 4.78 is 38.6. The van der Waals surface area contributed by atoms with Crippen LogP contribution in [0.1, 0.15) is 12.6 Å². The molecule has 0 fully saturated rings. The first-order valence-corrected chi connectivity index (χ1v) is 5.62. The van der Waals surface area contributed by atoms with Crippen LogP contribution in [0.25, 0.3) is 10.9 Å². The third-order valence-corrected chi connectivity index (χ3v) is 2.80. The number of alkyl halides is 3. The third-order valence-electron chi connectivity index (χ3n) is 2.80. The van der Waals surface area contributed by atoms with Gasteiger partial charge in [-0.2, -0.15) is 18.3 Å². The maximum absolute atomic E-state index is 12.3. The van der Waals surface area contributed by atoms with Crippen LogP contribution in [0.15, 0.2) is 24.3 Å². The molecule has 0 saturated carbocycles. The summed E-state index contributed by atoms with van der Waals surface area (Å²) in [5, 5.41) is 13.9. The summed E-state index contributed by atoms with van der Waals surface area (Å²) in [4.78, 5) is 0. The second kappa shape index (κ2) is 4.61. The van der Waals surface area contributed by atoms with E-state index < -0.39 is 18.7 Å². The molecule has 6 heteroatoms. The van der Waals surface area contributed by atoms with E-state index in [1.807, 2.05) is 6.92 Å². The predicted molar refractivity (Wildman–Crippen MR) is 61.2 cm³/mol. The van der Waals surface area contributed by atoms with Crippen LogP contribution in [0.3, 0.4) is 0 Å². The van der Waals surface area contributed by atoms with Crippen LogP contribution in [0.5, 0.6) is 0 Å². The van der Waals surface area contributed by atoms with Gasteiger partial charge in [0.1, 0.15) is 0 Å². The molecule has 1 aromatic heterocycles. The summed E-state index contributed by atoms with van der Waals surface area (Å²) in [6.07, 6.45) is -7.50. The van der Waals surface area contributed by atoms with Gasteiger partial charge in [-0.1, -0.05) is 18.2 Å². The minimum Gasteiger partial charge on any atom is -0.383 e. The van der Waals surface area contributed by atoms with Crippen molar-refractivity contribution in [2.24, 2.45) is 0 Å². The van der Waals surface area contributed by atoms with Crippen LogP contribution in [-0.4, -0.2) is 27.2 Å². The number of hydrogen-bond donors (Lipinski definition) is 1. The number of aromatic nitrogens is 2. The molecule has 1 heterocycles. The van der Waals surface area contributed by atoms with E-state index in [4.69, 9.17) is 5.11 Å². The number of halogens is 3. The average molecular weight is 258 g/mol. The number of hydrogen-bond acceptors (Lipinski definition) is 2. The quantitative estimate of drug-likeness (QED) is 0.918. The molecule has 98 valence electrons. The van der Waals surface area contributed by atoms with E-state index >= 15 is 0 Å². The van der Waals surface area contributed by atoms with Gasteiger partial charge >= 0.3 is 6.18 Å². The van der Waals surface area contributed by atoms with E-state index in [9.17, 15) is 13.2 Å². The largest absolute Gasteiger partial charge is 0.414 e. The van der Waals surface area contributed by atoms with Crippen LogP contribution in [-0.2, 0) is 13.0 Å². The molecule has 1 N–H and O–H groups in total. The van der Waals surface area contributed by atoms with E-state index in [0.29, 0.717) is 11.9 Å². The summed E-state index contributed by atoms with van der Waals surface area (Å²) in [5.41, 5.74) is 1.06. The maximum atomic E-state index is 12.3. The van der Waals surface area contributed by atoms with Crippen molar-refractivity contribution in [3.63, 3.8) is 0 Å². The molecule has 18 heavy (non-hydrogen) atoms. The minimum absolute atomic E-state index is 0.275. The van der Waals surface area contributed by atoms with Gasteiger partial charge in [0.15, 0.2) is 6.10 Å². The Kier molecular flexibility index (Phi) is 3.30. The molecule has 0 amide bonds. The highest BCUT2D eigenvalue weighted by Crippen LogP contribution is 2.26. The zero-order valence-corrected chi connectivity index (χ0v) is 9.78. The fourth-order valence-corrected chi connectivity index (χ4v) is 1.89. The minimum atomic E-state index is -4.61. The summed E-state index contributed by atoms with van der Waals surface area (Å²) in [5.74, 6) is 0. The highest BCUT2D eigenvalue weighted by molar-refractivity contribution is 5.82. The van der Waals surface area contributed by atoms with Gasteiger partial charge in [0.25, 0.3) is 0 Å². The first-order chi connectivity index (χ1) is 8.43. The molecule has 3 nitrogen and oxygen atoms in total. The van der Waals surface area contributed by atoms with Crippen molar-refractivity contribution in [1.82, 2.24) is 9.78 Å². The molecule has 0 bridgehead atoms. The topological polar surface area (TPSA) is 38.0 Å². The predicted octanol–water partition coefficient (Wildman–Crippen LogP) is 2.52. The fourth-order valence-electron chi connectivity index (χ4n) is 1.89. The maximum Gasteiger partial charge on any atom is 0.414 e. The molecule has 1 atom stereocenters. The van der Waals surface area contributed by atoms with Crippen LogP contribution in [0.4, 0.5) is 13.2 Å². The Labute approximate surface area is 102 Å². The van der Waals surface area contributed by atoms with Crippen LogP contribution < -0.4 is 0 Å². The normalized spacial score (nSPS) is 14.1. The Morgan fingerprint density at radius 3 is 2.61 bits per heavy atom. The Balaban J connectivity index is 2.40. The zero-order chi connectivity index (χ0) is 13.3. The molecule has 0 saturated heterocycles. The molecule has 0 aliphatic heterocycles. The summed E-state index contributed by atoms with van der Waals surface area (Å²) in [7, 11) is 0. The molecule has 2 aromatic rings. The molecule has 0 unspecified atom stereocenters. The summed E-state index contributed by atoms with van der Waals surface area (Å²) in [6.45, 7) is 2.44. The van der Waals surface area contributed by atoms with Gasteiger partial charge in [0.2, 0.25) is 0 Å². The Hall–Kier alpha value is -1.56. The van der Waals surface area contributed by atoms with Crippen molar-refractivity contribution in [2.45, 2.75) is 32.2 Å². The summed E-state index contributed by atoms with van der Waals surface area (Å²) in [6, 6.07) is 7.07. The molecule has 0 spiro atoms. The second-order valence-electron chi connectivity index (χ2n) is 4.04. The lowest BCUT2D eigenvalue weighted by Crippen LogP contribution is -2.30. The number of rotatable bonds is 3. The number of nitrogens with zero attached hydrogens (tertiary/aromatic N) is 2. The van der Waals surface area contributed by atoms with Crippen LogP contribution >= 0.6 is 0 Å². The molecule has 0 radical (unpaired) electrons. The first-order valence-electron chi connectivity index (χ1n) is 5.62. The van der Waals surface area contributed by atoms with Crippen molar-refractivity contribution < 1.29 is 18.3 Å². The van der Waals surface area contributed by atoms with Crippen molar-refractivity contribution in [3.05, 3.63) is 30.0 Å². The standard InChI is InChI=1S/C12H13F3N2O/c1-2-17-10-6-4-3-5-8(10)9(16-17)7-11(18)12(13,14)15/h3-6,11,18H,2,7H2,1H3/t11-/m1/s1. The molecule has 1 aromatic carbocycles. The zero-order valence-electron chi connectivity index (χ0n) is 9.78. The Bertz CT molecular complexity index is 548.